The minimum Gasteiger partial charge on any atom is -0.307 e. The predicted octanol–water partition coefficient (Wildman–Crippen LogP) is 5.26. The molecule has 146 valence electrons. The lowest BCUT2D eigenvalue weighted by Gasteiger charge is -2.50. The first-order valence-corrected chi connectivity index (χ1v) is 10.6. The number of aromatic nitrogens is 3. The third-order valence-electron chi connectivity index (χ3n) is 5.90. The Bertz CT molecular complexity index is 679. The van der Waals surface area contributed by atoms with Crippen LogP contribution in [-0.4, -0.2) is 20.5 Å². The fourth-order valence-corrected chi connectivity index (χ4v) is 5.28. The molecule has 0 amide bonds. The normalized spacial score (nSPS) is 29.6. The monoisotopic (exact) mass is 366 g/mol. The second-order valence-electron chi connectivity index (χ2n) is 8.42. The molecule has 2 aliphatic carbocycles. The Hall–Kier alpha value is -1.81. The second kappa shape index (κ2) is 8.92. The molecule has 27 heavy (non-hydrogen) atoms. The molecule has 2 bridgehead atoms. The maximum Gasteiger partial charge on any atom is 0.178 e. The number of pyridine rings is 1. The van der Waals surface area contributed by atoms with Crippen molar-refractivity contribution < 1.29 is 0 Å². The third-order valence-corrected chi connectivity index (χ3v) is 5.90. The van der Waals surface area contributed by atoms with Crippen molar-refractivity contribution in [3.63, 3.8) is 0 Å². The Kier molecular flexibility index (Phi) is 6.59. The van der Waals surface area contributed by atoms with Gasteiger partial charge in [0.1, 0.15) is 5.69 Å². The van der Waals surface area contributed by atoms with Gasteiger partial charge in [-0.25, -0.2) is 9.97 Å². The van der Waals surface area contributed by atoms with Gasteiger partial charge in [0.2, 0.25) is 0 Å². The molecule has 4 heteroatoms. The summed E-state index contributed by atoms with van der Waals surface area (Å²) in [4.78, 5) is 13.3. The van der Waals surface area contributed by atoms with E-state index in [9.17, 15) is 0 Å². The van der Waals surface area contributed by atoms with Gasteiger partial charge < -0.3 is 5.32 Å². The highest BCUT2D eigenvalue weighted by Crippen LogP contribution is 2.47. The zero-order chi connectivity index (χ0) is 19.3. The highest BCUT2D eigenvalue weighted by molar-refractivity contribution is 5.47. The van der Waals surface area contributed by atoms with Crippen molar-refractivity contribution >= 4 is 0 Å². The molecule has 0 spiro atoms. The van der Waals surface area contributed by atoms with Crippen molar-refractivity contribution in [2.45, 2.75) is 71.9 Å². The van der Waals surface area contributed by atoms with Crippen LogP contribution in [0.3, 0.4) is 0 Å². The standard InChI is InChI=1S/C21H28N4.C2H6/c1-15-7-17-8-16(2)10-21(9-15,11-17)25-14-18-12-23-20(24-13-18)19-5-3-4-6-22-19;1-2/h3-6,12-13,15-17,25H,7-11,14H2,1-2H3;1-2H3. The number of rotatable bonds is 4. The molecule has 2 fully saturated rings. The van der Waals surface area contributed by atoms with Crippen molar-refractivity contribution in [2.75, 3.05) is 0 Å². The maximum atomic E-state index is 4.51. The first kappa shape index (κ1) is 19.9. The van der Waals surface area contributed by atoms with E-state index < -0.39 is 0 Å². The summed E-state index contributed by atoms with van der Waals surface area (Å²) in [6.45, 7) is 9.70. The lowest BCUT2D eigenvalue weighted by molar-refractivity contribution is 0.0542. The van der Waals surface area contributed by atoms with Gasteiger partial charge in [0.15, 0.2) is 5.82 Å². The number of nitrogens with one attached hydrogen (secondary N) is 1. The van der Waals surface area contributed by atoms with Crippen LogP contribution in [0.2, 0.25) is 0 Å². The smallest absolute Gasteiger partial charge is 0.178 e. The summed E-state index contributed by atoms with van der Waals surface area (Å²) in [7, 11) is 0. The number of hydrogen-bond donors (Lipinski definition) is 1. The predicted molar refractivity (Wildman–Crippen MR) is 111 cm³/mol. The minimum absolute atomic E-state index is 0.319. The first-order valence-electron chi connectivity index (χ1n) is 10.6. The minimum atomic E-state index is 0.319. The molecule has 0 aliphatic heterocycles. The molecular formula is C23H34N4. The lowest BCUT2D eigenvalue weighted by atomic mass is 9.61. The molecule has 4 nitrogen and oxygen atoms in total. The molecule has 2 heterocycles. The van der Waals surface area contributed by atoms with E-state index in [0.717, 1.165) is 35.6 Å². The Balaban J connectivity index is 0.00000102. The summed E-state index contributed by atoms with van der Waals surface area (Å²) in [5.41, 5.74) is 2.30. The zero-order valence-electron chi connectivity index (χ0n) is 17.3. The van der Waals surface area contributed by atoms with Crippen LogP contribution < -0.4 is 5.32 Å². The van der Waals surface area contributed by atoms with E-state index in [1.54, 1.807) is 6.20 Å². The van der Waals surface area contributed by atoms with E-state index in [0.29, 0.717) is 11.4 Å². The molecule has 2 atom stereocenters. The third kappa shape index (κ3) is 4.92. The Labute approximate surface area is 164 Å². The van der Waals surface area contributed by atoms with Gasteiger partial charge in [0.25, 0.3) is 0 Å². The van der Waals surface area contributed by atoms with Crippen LogP contribution in [-0.2, 0) is 6.54 Å². The van der Waals surface area contributed by atoms with Crippen molar-refractivity contribution in [3.05, 3.63) is 42.4 Å². The van der Waals surface area contributed by atoms with E-state index >= 15 is 0 Å². The molecule has 0 saturated heterocycles. The summed E-state index contributed by atoms with van der Waals surface area (Å²) in [6, 6.07) is 5.81. The summed E-state index contributed by atoms with van der Waals surface area (Å²) in [6.07, 6.45) is 12.4. The Morgan fingerprint density at radius 1 is 0.963 bits per heavy atom. The van der Waals surface area contributed by atoms with Crippen molar-refractivity contribution in [3.8, 4) is 11.5 Å². The van der Waals surface area contributed by atoms with Gasteiger partial charge in [0, 0.05) is 36.2 Å². The number of fused-ring (bicyclic) bond motifs is 2. The van der Waals surface area contributed by atoms with Crippen molar-refractivity contribution in [1.82, 2.24) is 20.3 Å². The topological polar surface area (TPSA) is 50.7 Å². The molecular weight excluding hydrogens is 332 g/mol. The summed E-state index contributed by atoms with van der Waals surface area (Å²) < 4.78 is 0. The zero-order valence-corrected chi connectivity index (χ0v) is 17.3. The Morgan fingerprint density at radius 3 is 2.22 bits per heavy atom. The fraction of sp³-hybridized carbons (Fsp3) is 0.609. The largest absolute Gasteiger partial charge is 0.307 e. The van der Waals surface area contributed by atoms with Crippen LogP contribution in [0.4, 0.5) is 0 Å². The summed E-state index contributed by atoms with van der Waals surface area (Å²) in [5, 5.41) is 3.91. The van der Waals surface area contributed by atoms with Crippen LogP contribution in [0.15, 0.2) is 36.8 Å². The van der Waals surface area contributed by atoms with Crippen LogP contribution >= 0.6 is 0 Å². The van der Waals surface area contributed by atoms with Crippen molar-refractivity contribution in [2.24, 2.45) is 17.8 Å². The molecule has 2 aromatic rings. The quantitative estimate of drug-likeness (QED) is 0.802. The van der Waals surface area contributed by atoms with Gasteiger partial charge >= 0.3 is 0 Å². The average Bonchev–Trinajstić information content (AvgIpc) is 2.68. The van der Waals surface area contributed by atoms with E-state index in [1.165, 1.54) is 32.1 Å². The van der Waals surface area contributed by atoms with E-state index in [4.69, 9.17) is 0 Å². The van der Waals surface area contributed by atoms with Gasteiger partial charge in [-0.2, -0.15) is 0 Å². The Morgan fingerprint density at radius 2 is 1.63 bits per heavy atom. The average molecular weight is 367 g/mol. The molecule has 2 aromatic heterocycles. The molecule has 2 unspecified atom stereocenters. The molecule has 4 rings (SSSR count). The highest BCUT2D eigenvalue weighted by Gasteiger charge is 2.43. The highest BCUT2D eigenvalue weighted by atomic mass is 15.0. The molecule has 2 aliphatic rings. The first-order chi connectivity index (χ1) is 13.1. The van der Waals surface area contributed by atoms with Gasteiger partial charge in [-0.05, 0) is 62.0 Å². The molecule has 1 N–H and O–H groups in total. The van der Waals surface area contributed by atoms with E-state index in [-0.39, 0.29) is 0 Å². The summed E-state index contributed by atoms with van der Waals surface area (Å²) in [5.74, 6) is 3.27. The van der Waals surface area contributed by atoms with Crippen LogP contribution in [0, 0.1) is 17.8 Å². The summed E-state index contributed by atoms with van der Waals surface area (Å²) >= 11 is 0. The lowest BCUT2D eigenvalue weighted by Crippen LogP contribution is -2.54. The van der Waals surface area contributed by atoms with Crippen LogP contribution in [0.1, 0.15) is 65.4 Å². The number of hydrogen-bond acceptors (Lipinski definition) is 4. The number of nitrogens with zero attached hydrogens (tertiary/aromatic N) is 3. The van der Waals surface area contributed by atoms with Gasteiger partial charge in [0.05, 0.1) is 0 Å². The van der Waals surface area contributed by atoms with E-state index in [2.05, 4.69) is 34.1 Å². The van der Waals surface area contributed by atoms with E-state index in [1.807, 2.05) is 44.4 Å². The SMILES string of the molecule is CC.CC1CC2CC(C)CC(NCc3cnc(-c4ccccn4)nc3)(C1)C2. The molecule has 0 aromatic carbocycles. The molecule has 2 saturated carbocycles. The van der Waals surface area contributed by atoms with Crippen LogP contribution in [0.25, 0.3) is 11.5 Å². The van der Waals surface area contributed by atoms with Gasteiger partial charge in [-0.3, -0.25) is 4.98 Å². The maximum absolute atomic E-state index is 4.51. The van der Waals surface area contributed by atoms with Crippen molar-refractivity contribution in [1.29, 1.82) is 0 Å². The molecule has 0 radical (unpaired) electrons. The second-order valence-corrected chi connectivity index (χ2v) is 8.42. The van der Waals surface area contributed by atoms with Gasteiger partial charge in [-0.1, -0.05) is 33.8 Å². The van der Waals surface area contributed by atoms with Gasteiger partial charge in [-0.15, -0.1) is 0 Å². The fourth-order valence-electron chi connectivity index (χ4n) is 5.28. The van der Waals surface area contributed by atoms with Crippen LogP contribution in [0.5, 0.6) is 0 Å².